The maximum absolute atomic E-state index is 12.0. The summed E-state index contributed by atoms with van der Waals surface area (Å²) in [6.07, 6.45) is 4.97. The third kappa shape index (κ3) is 3.23. The zero-order chi connectivity index (χ0) is 12.1. The van der Waals surface area contributed by atoms with Crippen molar-refractivity contribution in [1.82, 2.24) is 19.0 Å². The van der Waals surface area contributed by atoms with Gasteiger partial charge in [-0.2, -0.15) is 8.75 Å². The van der Waals surface area contributed by atoms with E-state index in [0.29, 0.717) is 5.69 Å². The molecule has 0 aromatic carbocycles. The molecule has 0 atom stereocenters. The maximum atomic E-state index is 12.0. The van der Waals surface area contributed by atoms with Gasteiger partial charge < -0.3 is 10.2 Å². The fourth-order valence-corrected chi connectivity index (χ4v) is 2.60. The van der Waals surface area contributed by atoms with Crippen LogP contribution in [0.2, 0.25) is 0 Å². The zero-order valence-electron chi connectivity index (χ0n) is 10.1. The molecule has 2 heterocycles. The molecule has 1 aliphatic rings. The summed E-state index contributed by atoms with van der Waals surface area (Å²) < 4.78 is 7.86. The third-order valence-corrected chi connectivity index (χ3v) is 3.76. The van der Waals surface area contributed by atoms with Crippen molar-refractivity contribution >= 4 is 17.6 Å². The van der Waals surface area contributed by atoms with Crippen LogP contribution in [0.25, 0.3) is 0 Å². The van der Waals surface area contributed by atoms with Crippen molar-refractivity contribution in [2.75, 3.05) is 26.7 Å². The summed E-state index contributed by atoms with van der Waals surface area (Å²) in [5.74, 6) is 0.783. The van der Waals surface area contributed by atoms with Crippen LogP contribution < -0.4 is 5.32 Å². The van der Waals surface area contributed by atoms with Crippen molar-refractivity contribution in [2.45, 2.75) is 19.3 Å². The summed E-state index contributed by atoms with van der Waals surface area (Å²) in [7, 11) is 1.98. The Hall–Kier alpha value is -1.01. The second-order valence-corrected chi connectivity index (χ2v) is 4.98. The lowest BCUT2D eigenvalue weighted by Gasteiger charge is -2.31. The SMILES string of the molecule is CNCCC1CCN(C(=O)c2cnsn2)CC1. The summed E-state index contributed by atoms with van der Waals surface area (Å²) in [4.78, 5) is 13.9. The van der Waals surface area contributed by atoms with E-state index in [-0.39, 0.29) is 5.91 Å². The number of amides is 1. The van der Waals surface area contributed by atoms with Gasteiger partial charge >= 0.3 is 0 Å². The number of hydrogen-bond donors (Lipinski definition) is 1. The topological polar surface area (TPSA) is 58.1 Å². The summed E-state index contributed by atoms with van der Waals surface area (Å²) in [5, 5.41) is 3.17. The van der Waals surface area contributed by atoms with Gasteiger partial charge in [0, 0.05) is 13.1 Å². The lowest BCUT2D eigenvalue weighted by molar-refractivity contribution is 0.0682. The van der Waals surface area contributed by atoms with Crippen LogP contribution >= 0.6 is 11.7 Å². The Bertz CT molecular complexity index is 346. The highest BCUT2D eigenvalue weighted by atomic mass is 32.1. The number of nitrogens with one attached hydrogen (secondary N) is 1. The molecule has 0 unspecified atom stereocenters. The lowest BCUT2D eigenvalue weighted by atomic mass is 9.93. The predicted octanol–water partition coefficient (Wildman–Crippen LogP) is 1.000. The van der Waals surface area contributed by atoms with E-state index in [1.165, 1.54) is 6.42 Å². The van der Waals surface area contributed by atoms with Gasteiger partial charge in [0.15, 0.2) is 5.69 Å². The first-order chi connectivity index (χ1) is 8.31. The summed E-state index contributed by atoms with van der Waals surface area (Å²) in [5.41, 5.74) is 0.490. The number of carbonyl (C=O) groups is 1. The quantitative estimate of drug-likeness (QED) is 0.871. The number of hydrogen-bond acceptors (Lipinski definition) is 5. The van der Waals surface area contributed by atoms with Crippen LogP contribution in [0.1, 0.15) is 29.8 Å². The van der Waals surface area contributed by atoms with Crippen LogP contribution in [0.5, 0.6) is 0 Å². The molecule has 0 radical (unpaired) electrons. The fraction of sp³-hybridized carbons (Fsp3) is 0.727. The smallest absolute Gasteiger partial charge is 0.275 e. The van der Waals surface area contributed by atoms with Crippen LogP contribution in [0.3, 0.4) is 0 Å². The maximum Gasteiger partial charge on any atom is 0.275 e. The first-order valence-electron chi connectivity index (χ1n) is 6.02. The Morgan fingerprint density at radius 2 is 2.35 bits per heavy atom. The van der Waals surface area contributed by atoms with Crippen molar-refractivity contribution in [2.24, 2.45) is 5.92 Å². The molecule has 1 aliphatic heterocycles. The molecule has 17 heavy (non-hydrogen) atoms. The number of nitrogens with zero attached hydrogens (tertiary/aromatic N) is 3. The lowest BCUT2D eigenvalue weighted by Crippen LogP contribution is -2.39. The number of carbonyl (C=O) groups excluding carboxylic acids is 1. The van der Waals surface area contributed by atoms with Gasteiger partial charge in [-0.3, -0.25) is 4.79 Å². The minimum absolute atomic E-state index is 0.0332. The number of piperidine rings is 1. The molecule has 6 heteroatoms. The van der Waals surface area contributed by atoms with E-state index < -0.39 is 0 Å². The van der Waals surface area contributed by atoms with Gasteiger partial charge in [0.25, 0.3) is 5.91 Å². The van der Waals surface area contributed by atoms with Gasteiger partial charge in [-0.25, -0.2) is 0 Å². The van der Waals surface area contributed by atoms with Crippen molar-refractivity contribution < 1.29 is 4.79 Å². The van der Waals surface area contributed by atoms with Crippen LogP contribution in [0.4, 0.5) is 0 Å². The average molecular weight is 254 g/mol. The standard InChI is InChI=1S/C11H18N4OS/c1-12-5-2-9-3-6-15(7-4-9)11(16)10-8-13-17-14-10/h8-9,12H,2-7H2,1H3. The molecule has 1 N–H and O–H groups in total. The third-order valence-electron chi connectivity index (χ3n) is 3.28. The number of aromatic nitrogens is 2. The molecule has 1 aromatic heterocycles. The Morgan fingerprint density at radius 1 is 1.59 bits per heavy atom. The van der Waals surface area contributed by atoms with Crippen molar-refractivity contribution in [3.8, 4) is 0 Å². The molecule has 0 bridgehead atoms. The van der Waals surface area contributed by atoms with Gasteiger partial charge in [0.1, 0.15) is 0 Å². The zero-order valence-corrected chi connectivity index (χ0v) is 10.9. The van der Waals surface area contributed by atoms with E-state index in [1.807, 2.05) is 11.9 Å². The first-order valence-corrected chi connectivity index (χ1v) is 6.75. The van der Waals surface area contributed by atoms with Gasteiger partial charge in [0.05, 0.1) is 17.9 Å². The molecule has 1 fully saturated rings. The van der Waals surface area contributed by atoms with E-state index in [9.17, 15) is 4.79 Å². The molecule has 1 amide bonds. The summed E-state index contributed by atoms with van der Waals surface area (Å²) in [6.45, 7) is 2.77. The monoisotopic (exact) mass is 254 g/mol. The van der Waals surface area contributed by atoms with Crippen molar-refractivity contribution in [1.29, 1.82) is 0 Å². The highest BCUT2D eigenvalue weighted by Gasteiger charge is 2.24. The van der Waals surface area contributed by atoms with Gasteiger partial charge in [0.2, 0.25) is 0 Å². The molecular weight excluding hydrogens is 236 g/mol. The molecule has 0 saturated carbocycles. The minimum atomic E-state index is 0.0332. The van der Waals surface area contributed by atoms with Crippen LogP contribution in [-0.2, 0) is 0 Å². The number of likely N-dealkylation sites (tertiary alicyclic amines) is 1. The predicted molar refractivity (Wildman–Crippen MR) is 67.1 cm³/mol. The molecule has 0 aliphatic carbocycles. The van der Waals surface area contributed by atoms with E-state index in [0.717, 1.165) is 50.1 Å². The van der Waals surface area contributed by atoms with Gasteiger partial charge in [-0.05, 0) is 38.8 Å². The first kappa shape index (κ1) is 12.4. The van der Waals surface area contributed by atoms with E-state index in [1.54, 1.807) is 6.20 Å². The molecule has 94 valence electrons. The van der Waals surface area contributed by atoms with Crippen molar-refractivity contribution in [3.05, 3.63) is 11.9 Å². The van der Waals surface area contributed by atoms with Gasteiger partial charge in [-0.15, -0.1) is 0 Å². The molecular formula is C11H18N4OS. The fourth-order valence-electron chi connectivity index (χ4n) is 2.19. The Kier molecular flexibility index (Phi) is 4.44. The highest BCUT2D eigenvalue weighted by Crippen LogP contribution is 2.21. The van der Waals surface area contributed by atoms with Gasteiger partial charge in [-0.1, -0.05) is 0 Å². The van der Waals surface area contributed by atoms with Crippen LogP contribution in [0, 0.1) is 5.92 Å². The molecule has 2 rings (SSSR count). The second kappa shape index (κ2) is 6.07. The largest absolute Gasteiger partial charge is 0.337 e. The molecule has 5 nitrogen and oxygen atoms in total. The molecule has 0 spiro atoms. The summed E-state index contributed by atoms with van der Waals surface area (Å²) in [6, 6.07) is 0. The van der Waals surface area contributed by atoms with E-state index in [2.05, 4.69) is 14.1 Å². The van der Waals surface area contributed by atoms with E-state index in [4.69, 9.17) is 0 Å². The average Bonchev–Trinajstić information content (AvgIpc) is 2.90. The van der Waals surface area contributed by atoms with E-state index >= 15 is 0 Å². The minimum Gasteiger partial charge on any atom is -0.337 e. The van der Waals surface area contributed by atoms with Crippen molar-refractivity contribution in [3.63, 3.8) is 0 Å². The Balaban J connectivity index is 1.81. The normalized spacial score (nSPS) is 17.4. The number of rotatable bonds is 4. The van der Waals surface area contributed by atoms with Crippen LogP contribution in [0.15, 0.2) is 6.20 Å². The molecule has 1 aromatic rings. The molecule has 1 saturated heterocycles. The van der Waals surface area contributed by atoms with Crippen LogP contribution in [-0.4, -0.2) is 46.2 Å². The second-order valence-electron chi connectivity index (χ2n) is 4.42. The summed E-state index contributed by atoms with van der Waals surface area (Å²) >= 11 is 1.09. The Labute approximate surface area is 106 Å². The highest BCUT2D eigenvalue weighted by molar-refractivity contribution is 6.99. The Morgan fingerprint density at radius 3 is 2.94 bits per heavy atom.